The van der Waals surface area contributed by atoms with Crippen LogP contribution in [0, 0.1) is 11.8 Å². The molecule has 0 aromatic rings. The van der Waals surface area contributed by atoms with E-state index in [1.807, 2.05) is 0 Å². The summed E-state index contributed by atoms with van der Waals surface area (Å²) in [6.07, 6.45) is 13.1. The van der Waals surface area contributed by atoms with Crippen LogP contribution in [0.25, 0.3) is 0 Å². The summed E-state index contributed by atoms with van der Waals surface area (Å²) in [5.74, 6) is 1.91. The van der Waals surface area contributed by atoms with Crippen molar-refractivity contribution in [2.75, 3.05) is 0 Å². The first-order valence-corrected chi connectivity index (χ1v) is 7.51. The maximum atomic E-state index is 3.92. The minimum atomic E-state index is 0.760. The predicted molar refractivity (Wildman–Crippen MR) is 70.6 cm³/mol. The molecule has 0 radical (unpaired) electrons. The van der Waals surface area contributed by atoms with Crippen molar-refractivity contribution in [2.45, 2.75) is 83.7 Å². The van der Waals surface area contributed by atoms with Gasteiger partial charge in [-0.1, -0.05) is 39.0 Å². The SMILES string of the molecule is CC1CCCC(NC(C)C2CCCCC2)C1. The standard InChI is InChI=1S/C15H29N/c1-12-7-6-10-15(11-12)16-13(2)14-8-4-3-5-9-14/h12-16H,3-11H2,1-2H3. The molecule has 1 nitrogen and oxygen atoms in total. The van der Waals surface area contributed by atoms with E-state index >= 15 is 0 Å². The molecule has 0 aromatic carbocycles. The van der Waals surface area contributed by atoms with Gasteiger partial charge in [0.25, 0.3) is 0 Å². The van der Waals surface area contributed by atoms with Crippen LogP contribution >= 0.6 is 0 Å². The van der Waals surface area contributed by atoms with E-state index in [0.717, 1.165) is 23.9 Å². The van der Waals surface area contributed by atoms with Crippen LogP contribution in [0.3, 0.4) is 0 Å². The van der Waals surface area contributed by atoms with Crippen LogP contribution in [0.1, 0.15) is 71.6 Å². The summed E-state index contributed by atoms with van der Waals surface area (Å²) in [6, 6.07) is 1.58. The normalized spacial score (nSPS) is 34.9. The van der Waals surface area contributed by atoms with Gasteiger partial charge in [0.2, 0.25) is 0 Å². The lowest BCUT2D eigenvalue weighted by Gasteiger charge is -2.34. The Balaban J connectivity index is 1.74. The fraction of sp³-hybridized carbons (Fsp3) is 1.00. The Morgan fingerprint density at radius 2 is 1.69 bits per heavy atom. The molecule has 2 saturated carbocycles. The van der Waals surface area contributed by atoms with Crippen molar-refractivity contribution >= 4 is 0 Å². The highest BCUT2D eigenvalue weighted by Gasteiger charge is 2.24. The third-order valence-corrected chi connectivity index (χ3v) is 4.79. The van der Waals surface area contributed by atoms with Crippen molar-refractivity contribution in [2.24, 2.45) is 11.8 Å². The fourth-order valence-electron chi connectivity index (χ4n) is 3.73. The predicted octanol–water partition coefficient (Wildman–Crippen LogP) is 4.12. The number of hydrogen-bond acceptors (Lipinski definition) is 1. The number of nitrogens with one attached hydrogen (secondary N) is 1. The second kappa shape index (κ2) is 6.05. The zero-order chi connectivity index (χ0) is 11.4. The van der Waals surface area contributed by atoms with Crippen molar-refractivity contribution in [3.8, 4) is 0 Å². The van der Waals surface area contributed by atoms with E-state index in [2.05, 4.69) is 19.2 Å². The Morgan fingerprint density at radius 1 is 0.938 bits per heavy atom. The van der Waals surface area contributed by atoms with Gasteiger partial charge < -0.3 is 5.32 Å². The van der Waals surface area contributed by atoms with Crippen LogP contribution in [-0.4, -0.2) is 12.1 Å². The minimum absolute atomic E-state index is 0.760. The maximum Gasteiger partial charge on any atom is 0.00721 e. The summed E-state index contributed by atoms with van der Waals surface area (Å²) in [4.78, 5) is 0. The molecule has 0 heterocycles. The molecule has 2 aliphatic rings. The van der Waals surface area contributed by atoms with Crippen LogP contribution in [0.5, 0.6) is 0 Å². The van der Waals surface area contributed by atoms with Gasteiger partial charge in [0, 0.05) is 12.1 Å². The highest BCUT2D eigenvalue weighted by atomic mass is 15.0. The molecule has 0 spiro atoms. The van der Waals surface area contributed by atoms with Gasteiger partial charge in [0.15, 0.2) is 0 Å². The Bertz CT molecular complexity index is 196. The van der Waals surface area contributed by atoms with Crippen molar-refractivity contribution in [3.63, 3.8) is 0 Å². The molecule has 16 heavy (non-hydrogen) atoms. The first-order chi connectivity index (χ1) is 7.75. The van der Waals surface area contributed by atoms with E-state index in [1.165, 1.54) is 57.8 Å². The number of rotatable bonds is 3. The molecule has 0 amide bonds. The summed E-state index contributed by atoms with van der Waals surface area (Å²) in [5, 5.41) is 3.92. The molecule has 0 saturated heterocycles. The molecule has 1 N–H and O–H groups in total. The van der Waals surface area contributed by atoms with E-state index in [9.17, 15) is 0 Å². The smallest absolute Gasteiger partial charge is 0.00721 e. The zero-order valence-corrected chi connectivity index (χ0v) is 11.2. The molecule has 0 bridgehead atoms. The second-order valence-corrected chi connectivity index (χ2v) is 6.32. The fourth-order valence-corrected chi connectivity index (χ4v) is 3.73. The van der Waals surface area contributed by atoms with Crippen LogP contribution in [0.4, 0.5) is 0 Å². The van der Waals surface area contributed by atoms with Gasteiger partial charge in [-0.25, -0.2) is 0 Å². The molecule has 3 unspecified atom stereocenters. The van der Waals surface area contributed by atoms with E-state index in [-0.39, 0.29) is 0 Å². The molecule has 2 fully saturated rings. The average Bonchev–Trinajstić information content (AvgIpc) is 2.30. The van der Waals surface area contributed by atoms with E-state index < -0.39 is 0 Å². The molecule has 94 valence electrons. The van der Waals surface area contributed by atoms with Gasteiger partial charge in [-0.2, -0.15) is 0 Å². The third-order valence-electron chi connectivity index (χ3n) is 4.79. The van der Waals surface area contributed by atoms with E-state index in [4.69, 9.17) is 0 Å². The first kappa shape index (κ1) is 12.4. The Morgan fingerprint density at radius 3 is 2.38 bits per heavy atom. The van der Waals surface area contributed by atoms with E-state index in [1.54, 1.807) is 0 Å². The van der Waals surface area contributed by atoms with Gasteiger partial charge in [-0.05, 0) is 44.4 Å². The van der Waals surface area contributed by atoms with Crippen LogP contribution < -0.4 is 5.32 Å². The summed E-state index contributed by atoms with van der Waals surface area (Å²) in [7, 11) is 0. The van der Waals surface area contributed by atoms with Crippen molar-refractivity contribution in [1.82, 2.24) is 5.32 Å². The lowest BCUT2D eigenvalue weighted by molar-refractivity contribution is 0.225. The monoisotopic (exact) mass is 223 g/mol. The van der Waals surface area contributed by atoms with Crippen LogP contribution in [0.2, 0.25) is 0 Å². The lowest BCUT2D eigenvalue weighted by Crippen LogP contribution is -2.43. The summed E-state index contributed by atoms with van der Waals surface area (Å²) in [6.45, 7) is 4.84. The summed E-state index contributed by atoms with van der Waals surface area (Å²) >= 11 is 0. The summed E-state index contributed by atoms with van der Waals surface area (Å²) < 4.78 is 0. The number of hydrogen-bond donors (Lipinski definition) is 1. The Hall–Kier alpha value is -0.0400. The van der Waals surface area contributed by atoms with Gasteiger partial charge in [0.05, 0.1) is 0 Å². The molecule has 1 heteroatoms. The third kappa shape index (κ3) is 3.48. The first-order valence-electron chi connectivity index (χ1n) is 7.51. The highest BCUT2D eigenvalue weighted by molar-refractivity contribution is 4.82. The molecule has 0 aliphatic heterocycles. The van der Waals surface area contributed by atoms with Gasteiger partial charge in [-0.3, -0.25) is 0 Å². The van der Waals surface area contributed by atoms with Crippen LogP contribution in [0.15, 0.2) is 0 Å². The maximum absolute atomic E-state index is 3.92. The van der Waals surface area contributed by atoms with Crippen molar-refractivity contribution in [1.29, 1.82) is 0 Å². The quantitative estimate of drug-likeness (QED) is 0.759. The van der Waals surface area contributed by atoms with E-state index in [0.29, 0.717) is 0 Å². The molecule has 0 aromatic heterocycles. The van der Waals surface area contributed by atoms with Gasteiger partial charge in [-0.15, -0.1) is 0 Å². The minimum Gasteiger partial charge on any atom is -0.311 e. The Labute approximate surface area is 101 Å². The van der Waals surface area contributed by atoms with Gasteiger partial charge in [0.1, 0.15) is 0 Å². The lowest BCUT2D eigenvalue weighted by atomic mass is 9.82. The summed E-state index contributed by atoms with van der Waals surface area (Å²) in [5.41, 5.74) is 0. The molecule has 2 rings (SSSR count). The molecular weight excluding hydrogens is 194 g/mol. The van der Waals surface area contributed by atoms with Crippen molar-refractivity contribution < 1.29 is 0 Å². The average molecular weight is 223 g/mol. The van der Waals surface area contributed by atoms with Gasteiger partial charge >= 0.3 is 0 Å². The highest BCUT2D eigenvalue weighted by Crippen LogP contribution is 2.29. The second-order valence-electron chi connectivity index (χ2n) is 6.32. The molecular formula is C15H29N. The molecule has 2 aliphatic carbocycles. The molecule has 3 atom stereocenters. The van der Waals surface area contributed by atoms with Crippen LogP contribution in [-0.2, 0) is 0 Å². The topological polar surface area (TPSA) is 12.0 Å². The van der Waals surface area contributed by atoms with Crippen molar-refractivity contribution in [3.05, 3.63) is 0 Å². The Kier molecular flexibility index (Phi) is 4.69. The largest absolute Gasteiger partial charge is 0.311 e. The zero-order valence-electron chi connectivity index (χ0n) is 11.2.